The first-order valence-electron chi connectivity index (χ1n) is 8.80. The second-order valence-corrected chi connectivity index (χ2v) is 8.39. The van der Waals surface area contributed by atoms with Gasteiger partial charge in [0.1, 0.15) is 0 Å². The van der Waals surface area contributed by atoms with Crippen LogP contribution in [0.1, 0.15) is 73.1 Å². The fraction of sp³-hybridized carbons (Fsp3) is 0.348. The number of carboxylic acids is 1. The van der Waals surface area contributed by atoms with Crippen molar-refractivity contribution in [2.45, 2.75) is 51.4 Å². The topological polar surface area (TPSA) is 37.3 Å². The largest absolute Gasteiger partial charge is 0.478 e. The maximum absolute atomic E-state index is 11.2. The quantitative estimate of drug-likeness (QED) is 0.770. The van der Waals surface area contributed by atoms with Gasteiger partial charge in [-0.2, -0.15) is 0 Å². The third-order valence-electron chi connectivity index (χ3n) is 5.66. The number of carbonyl (C=O) groups is 1. The normalized spacial score (nSPS) is 17.6. The zero-order valence-corrected chi connectivity index (χ0v) is 15.5. The Bertz CT molecular complexity index is 856. The molecule has 3 rings (SSSR count). The van der Waals surface area contributed by atoms with Crippen LogP contribution in [0.25, 0.3) is 5.57 Å². The highest BCUT2D eigenvalue weighted by atomic mass is 16.4. The Balaban J connectivity index is 2.06. The van der Waals surface area contributed by atoms with Crippen LogP contribution in [-0.2, 0) is 10.8 Å². The van der Waals surface area contributed by atoms with E-state index in [0.29, 0.717) is 0 Å². The molecule has 0 bridgehead atoms. The molecule has 0 radical (unpaired) electrons. The molecule has 0 unspecified atom stereocenters. The number of benzene rings is 2. The van der Waals surface area contributed by atoms with Crippen LogP contribution < -0.4 is 0 Å². The lowest BCUT2D eigenvalue weighted by Crippen LogP contribution is -2.33. The SMILES string of the molecule is C=C(c1cccc(C(=O)O)c1)c1ccc2c(c1)C(C)(C)CCC2(C)C. The molecule has 0 atom stereocenters. The van der Waals surface area contributed by atoms with Gasteiger partial charge in [0, 0.05) is 0 Å². The smallest absolute Gasteiger partial charge is 0.335 e. The fourth-order valence-corrected chi connectivity index (χ4v) is 3.78. The zero-order valence-electron chi connectivity index (χ0n) is 15.5. The van der Waals surface area contributed by atoms with Gasteiger partial charge in [0.15, 0.2) is 0 Å². The van der Waals surface area contributed by atoms with Crippen molar-refractivity contribution in [2.24, 2.45) is 0 Å². The molecule has 0 aliphatic heterocycles. The van der Waals surface area contributed by atoms with E-state index >= 15 is 0 Å². The van der Waals surface area contributed by atoms with E-state index in [9.17, 15) is 9.90 Å². The average Bonchev–Trinajstić information content (AvgIpc) is 2.58. The summed E-state index contributed by atoms with van der Waals surface area (Å²) in [4.78, 5) is 11.2. The number of aromatic carboxylic acids is 1. The van der Waals surface area contributed by atoms with Gasteiger partial charge >= 0.3 is 5.97 Å². The van der Waals surface area contributed by atoms with Gasteiger partial charge in [-0.05, 0) is 63.6 Å². The van der Waals surface area contributed by atoms with Crippen molar-refractivity contribution in [3.8, 4) is 0 Å². The van der Waals surface area contributed by atoms with Crippen molar-refractivity contribution in [1.82, 2.24) is 0 Å². The fourth-order valence-electron chi connectivity index (χ4n) is 3.78. The minimum atomic E-state index is -0.914. The van der Waals surface area contributed by atoms with E-state index in [1.165, 1.54) is 17.5 Å². The highest BCUT2D eigenvalue weighted by Crippen LogP contribution is 2.46. The summed E-state index contributed by atoms with van der Waals surface area (Å²) in [7, 11) is 0. The molecule has 130 valence electrons. The predicted molar refractivity (Wildman–Crippen MR) is 103 cm³/mol. The third-order valence-corrected chi connectivity index (χ3v) is 5.66. The average molecular weight is 334 g/mol. The van der Waals surface area contributed by atoms with Crippen LogP contribution in [0.4, 0.5) is 0 Å². The first-order valence-corrected chi connectivity index (χ1v) is 8.80. The van der Waals surface area contributed by atoms with E-state index in [2.05, 4.69) is 52.5 Å². The van der Waals surface area contributed by atoms with Crippen molar-refractivity contribution in [3.05, 3.63) is 76.9 Å². The number of rotatable bonds is 3. The molecule has 2 heteroatoms. The molecule has 2 aromatic rings. The molecule has 1 aliphatic carbocycles. The van der Waals surface area contributed by atoms with E-state index in [4.69, 9.17) is 0 Å². The zero-order chi connectivity index (χ0) is 18.4. The Morgan fingerprint density at radius 1 is 0.880 bits per heavy atom. The number of hydrogen-bond acceptors (Lipinski definition) is 1. The minimum Gasteiger partial charge on any atom is -0.478 e. The van der Waals surface area contributed by atoms with Gasteiger partial charge in [-0.15, -0.1) is 0 Å². The molecule has 0 saturated carbocycles. The van der Waals surface area contributed by atoms with Gasteiger partial charge in [0.2, 0.25) is 0 Å². The summed E-state index contributed by atoms with van der Waals surface area (Å²) in [5.41, 5.74) is 6.21. The molecule has 2 aromatic carbocycles. The molecule has 0 heterocycles. The van der Waals surface area contributed by atoms with Crippen LogP contribution in [0.2, 0.25) is 0 Å². The Kier molecular flexibility index (Phi) is 4.10. The van der Waals surface area contributed by atoms with Gasteiger partial charge in [0.25, 0.3) is 0 Å². The first kappa shape index (κ1) is 17.5. The Morgan fingerprint density at radius 2 is 1.44 bits per heavy atom. The van der Waals surface area contributed by atoms with Crippen LogP contribution in [0, 0.1) is 0 Å². The standard InChI is InChI=1S/C23H26O2/c1-15(16-7-6-8-18(13-16)21(24)25)17-9-10-19-20(14-17)23(4,5)12-11-22(19,2)3/h6-10,13-14H,1,11-12H2,2-5H3,(H,24,25). The van der Waals surface area contributed by atoms with Crippen molar-refractivity contribution in [3.63, 3.8) is 0 Å². The van der Waals surface area contributed by atoms with Gasteiger partial charge in [-0.3, -0.25) is 0 Å². The second kappa shape index (κ2) is 5.87. The molecule has 0 aromatic heterocycles. The summed E-state index contributed by atoms with van der Waals surface area (Å²) in [6.07, 6.45) is 2.35. The maximum atomic E-state index is 11.2. The van der Waals surface area contributed by atoms with Crippen LogP contribution >= 0.6 is 0 Å². The van der Waals surface area contributed by atoms with Crippen LogP contribution in [-0.4, -0.2) is 11.1 Å². The van der Waals surface area contributed by atoms with E-state index < -0.39 is 5.97 Å². The summed E-state index contributed by atoms with van der Waals surface area (Å²) >= 11 is 0. The summed E-state index contributed by atoms with van der Waals surface area (Å²) in [6.45, 7) is 13.5. The molecule has 0 fully saturated rings. The van der Waals surface area contributed by atoms with Crippen LogP contribution in [0.5, 0.6) is 0 Å². The van der Waals surface area contributed by atoms with Crippen molar-refractivity contribution in [1.29, 1.82) is 0 Å². The molecule has 0 spiro atoms. The van der Waals surface area contributed by atoms with Crippen molar-refractivity contribution < 1.29 is 9.90 Å². The van der Waals surface area contributed by atoms with Crippen molar-refractivity contribution in [2.75, 3.05) is 0 Å². The monoisotopic (exact) mass is 334 g/mol. The molecular weight excluding hydrogens is 308 g/mol. The lowest BCUT2D eigenvalue weighted by Gasteiger charge is -2.42. The third kappa shape index (κ3) is 3.13. The van der Waals surface area contributed by atoms with E-state index in [-0.39, 0.29) is 16.4 Å². The minimum absolute atomic E-state index is 0.143. The molecular formula is C23H26O2. The molecule has 0 amide bonds. The Labute approximate surface area is 150 Å². The highest BCUT2D eigenvalue weighted by molar-refractivity contribution is 5.90. The van der Waals surface area contributed by atoms with Crippen molar-refractivity contribution >= 4 is 11.5 Å². The number of carboxylic acid groups (broad SMARTS) is 1. The van der Waals surface area contributed by atoms with Gasteiger partial charge in [0.05, 0.1) is 5.56 Å². The molecule has 1 N–H and O–H groups in total. The van der Waals surface area contributed by atoms with E-state index in [0.717, 1.165) is 23.1 Å². The molecule has 0 saturated heterocycles. The van der Waals surface area contributed by atoms with Gasteiger partial charge < -0.3 is 5.11 Å². The predicted octanol–water partition coefficient (Wildman–Crippen LogP) is 5.80. The second-order valence-electron chi connectivity index (χ2n) is 8.39. The van der Waals surface area contributed by atoms with Gasteiger partial charge in [-0.25, -0.2) is 4.79 Å². The summed E-state index contributed by atoms with van der Waals surface area (Å²) in [5, 5.41) is 9.22. The summed E-state index contributed by atoms with van der Waals surface area (Å²) in [6, 6.07) is 13.6. The molecule has 2 nitrogen and oxygen atoms in total. The van der Waals surface area contributed by atoms with Gasteiger partial charge in [-0.1, -0.05) is 64.6 Å². The summed E-state index contributed by atoms with van der Waals surface area (Å²) < 4.78 is 0. The Hall–Kier alpha value is -2.35. The Morgan fingerprint density at radius 3 is 2.08 bits per heavy atom. The van der Waals surface area contributed by atoms with E-state index in [1.54, 1.807) is 18.2 Å². The lowest BCUT2D eigenvalue weighted by atomic mass is 9.63. The maximum Gasteiger partial charge on any atom is 0.335 e. The molecule has 1 aliphatic rings. The lowest BCUT2D eigenvalue weighted by molar-refractivity contribution is 0.0697. The van der Waals surface area contributed by atoms with E-state index in [1.807, 2.05) is 6.07 Å². The highest BCUT2D eigenvalue weighted by Gasteiger charge is 2.37. The number of fused-ring (bicyclic) bond motifs is 1. The van der Waals surface area contributed by atoms with Crippen LogP contribution in [0.3, 0.4) is 0 Å². The molecule has 25 heavy (non-hydrogen) atoms. The van der Waals surface area contributed by atoms with Crippen LogP contribution in [0.15, 0.2) is 49.0 Å². The summed E-state index contributed by atoms with van der Waals surface area (Å²) in [5.74, 6) is -0.914. The first-order chi connectivity index (χ1) is 11.6. The number of hydrogen-bond donors (Lipinski definition) is 1.